The van der Waals surface area contributed by atoms with Crippen LogP contribution >= 0.6 is 0 Å². The molecule has 2 aromatic carbocycles. The topological polar surface area (TPSA) is 28.7 Å². The summed E-state index contributed by atoms with van der Waals surface area (Å²) in [6.45, 7) is 4.22. The number of benzene rings is 2. The molecule has 0 radical (unpaired) electrons. The lowest BCUT2D eigenvalue weighted by Gasteiger charge is -1.98. The fraction of sp³-hybridized carbons (Fsp3) is 0.118. The summed E-state index contributed by atoms with van der Waals surface area (Å²) >= 11 is 0. The zero-order chi connectivity index (χ0) is 13.2. The Labute approximate surface area is 112 Å². The molecule has 19 heavy (non-hydrogen) atoms. The molecule has 0 bridgehead atoms. The monoisotopic (exact) mass is 246 g/mol. The van der Waals surface area contributed by atoms with Gasteiger partial charge >= 0.3 is 0 Å². The van der Waals surface area contributed by atoms with Crippen molar-refractivity contribution in [3.8, 4) is 11.8 Å². The van der Waals surface area contributed by atoms with Crippen LogP contribution in [0.4, 0.5) is 0 Å². The summed E-state index contributed by atoms with van der Waals surface area (Å²) in [6, 6.07) is 12.3. The summed E-state index contributed by atoms with van der Waals surface area (Å²) in [7, 11) is 0. The zero-order valence-electron chi connectivity index (χ0n) is 11.0. The zero-order valence-corrected chi connectivity index (χ0v) is 11.0. The smallest absolute Gasteiger partial charge is 0.0931 e. The number of aryl methyl sites for hydroxylation is 2. The van der Waals surface area contributed by atoms with E-state index in [1.807, 2.05) is 18.2 Å². The van der Waals surface area contributed by atoms with Crippen LogP contribution in [0.5, 0.6) is 0 Å². The molecular weight excluding hydrogens is 232 g/mol. The molecule has 3 aromatic rings. The van der Waals surface area contributed by atoms with Gasteiger partial charge in [-0.3, -0.25) is 0 Å². The van der Waals surface area contributed by atoms with Gasteiger partial charge in [0.25, 0.3) is 0 Å². The fourth-order valence-corrected chi connectivity index (χ4v) is 1.98. The predicted octanol–water partition coefficient (Wildman–Crippen LogP) is 3.58. The Bertz CT molecular complexity index is 801. The number of rotatable bonds is 0. The average molecular weight is 246 g/mol. The molecule has 0 aliphatic heterocycles. The van der Waals surface area contributed by atoms with E-state index in [4.69, 9.17) is 0 Å². The van der Waals surface area contributed by atoms with Crippen LogP contribution in [0.2, 0.25) is 0 Å². The Hall–Kier alpha value is -2.53. The van der Waals surface area contributed by atoms with Gasteiger partial charge in [0.2, 0.25) is 0 Å². The van der Waals surface area contributed by atoms with Crippen LogP contribution in [0.1, 0.15) is 22.3 Å². The Morgan fingerprint density at radius 2 is 1.63 bits per heavy atom. The van der Waals surface area contributed by atoms with Crippen molar-refractivity contribution in [2.24, 2.45) is 0 Å². The summed E-state index contributed by atoms with van der Waals surface area (Å²) in [5, 5.41) is 0. The summed E-state index contributed by atoms with van der Waals surface area (Å²) in [6.07, 6.45) is 1.70. The second-order valence-electron chi connectivity index (χ2n) is 4.68. The third-order valence-electron chi connectivity index (χ3n) is 3.28. The minimum atomic E-state index is 0.969. The first-order valence-electron chi connectivity index (χ1n) is 6.25. The van der Waals surface area contributed by atoms with E-state index < -0.39 is 0 Å². The molecule has 0 aliphatic carbocycles. The maximum Gasteiger partial charge on any atom is 0.0931 e. The lowest BCUT2D eigenvalue weighted by molar-refractivity contribution is 1.33. The number of fused-ring (bicyclic) bond motifs is 1. The molecule has 1 N–H and O–H groups in total. The van der Waals surface area contributed by atoms with Crippen molar-refractivity contribution in [3.05, 3.63) is 65.0 Å². The van der Waals surface area contributed by atoms with Gasteiger partial charge in [-0.25, -0.2) is 4.98 Å². The molecule has 0 atom stereocenters. The van der Waals surface area contributed by atoms with E-state index in [9.17, 15) is 0 Å². The average Bonchev–Trinajstić information content (AvgIpc) is 2.87. The summed E-state index contributed by atoms with van der Waals surface area (Å²) in [5.74, 6) is 6.39. The molecular formula is C17H14N2. The fourth-order valence-electron chi connectivity index (χ4n) is 1.98. The minimum absolute atomic E-state index is 0.969. The highest BCUT2D eigenvalue weighted by atomic mass is 14.9. The molecule has 0 saturated heterocycles. The van der Waals surface area contributed by atoms with Crippen molar-refractivity contribution in [1.82, 2.24) is 9.97 Å². The number of hydrogen-bond donors (Lipinski definition) is 1. The summed E-state index contributed by atoms with van der Waals surface area (Å²) < 4.78 is 0. The van der Waals surface area contributed by atoms with Crippen molar-refractivity contribution in [2.75, 3.05) is 0 Å². The van der Waals surface area contributed by atoms with E-state index in [-0.39, 0.29) is 0 Å². The number of aromatic amines is 1. The van der Waals surface area contributed by atoms with Crippen LogP contribution < -0.4 is 0 Å². The number of H-pyrrole nitrogens is 1. The van der Waals surface area contributed by atoms with Crippen LogP contribution in [0, 0.1) is 25.7 Å². The van der Waals surface area contributed by atoms with Gasteiger partial charge in [-0.05, 0) is 55.3 Å². The van der Waals surface area contributed by atoms with Gasteiger partial charge in [0.15, 0.2) is 0 Å². The van der Waals surface area contributed by atoms with Gasteiger partial charge in [-0.2, -0.15) is 0 Å². The molecule has 0 unspecified atom stereocenters. The standard InChI is InChI=1S/C17H14N2/c1-12-3-4-14(9-13(12)2)5-6-15-7-8-16-17(10-15)19-11-18-16/h3-4,7-11H,1-2H3,(H,18,19). The molecule has 2 heteroatoms. The second-order valence-corrected chi connectivity index (χ2v) is 4.68. The lowest BCUT2D eigenvalue weighted by Crippen LogP contribution is -1.82. The third kappa shape index (κ3) is 2.36. The van der Waals surface area contributed by atoms with Gasteiger partial charge < -0.3 is 4.98 Å². The number of nitrogens with zero attached hydrogens (tertiary/aromatic N) is 1. The Morgan fingerprint density at radius 1 is 0.895 bits per heavy atom. The molecule has 2 nitrogen and oxygen atoms in total. The Kier molecular flexibility index (Phi) is 2.81. The van der Waals surface area contributed by atoms with Gasteiger partial charge in [0.05, 0.1) is 17.4 Å². The summed E-state index contributed by atoms with van der Waals surface area (Å²) in [5.41, 5.74) is 6.60. The molecule has 0 aliphatic rings. The van der Waals surface area contributed by atoms with E-state index in [1.165, 1.54) is 11.1 Å². The predicted molar refractivity (Wildman–Crippen MR) is 78.0 cm³/mol. The maximum atomic E-state index is 4.20. The molecule has 0 amide bonds. The summed E-state index contributed by atoms with van der Waals surface area (Å²) in [4.78, 5) is 7.29. The van der Waals surface area contributed by atoms with Crippen LogP contribution in [-0.4, -0.2) is 9.97 Å². The highest BCUT2D eigenvalue weighted by molar-refractivity contribution is 5.76. The quantitative estimate of drug-likeness (QED) is 0.603. The van der Waals surface area contributed by atoms with Gasteiger partial charge in [-0.15, -0.1) is 0 Å². The van der Waals surface area contributed by atoms with Crippen LogP contribution in [-0.2, 0) is 0 Å². The highest BCUT2D eigenvalue weighted by Crippen LogP contribution is 2.12. The van der Waals surface area contributed by atoms with Crippen LogP contribution in [0.15, 0.2) is 42.7 Å². The molecule has 0 fully saturated rings. The molecule has 0 spiro atoms. The number of aromatic nitrogens is 2. The van der Waals surface area contributed by atoms with E-state index in [2.05, 4.69) is 53.9 Å². The van der Waals surface area contributed by atoms with E-state index >= 15 is 0 Å². The van der Waals surface area contributed by atoms with Gasteiger partial charge in [0, 0.05) is 11.1 Å². The van der Waals surface area contributed by atoms with Crippen molar-refractivity contribution in [1.29, 1.82) is 0 Å². The van der Waals surface area contributed by atoms with Crippen molar-refractivity contribution in [3.63, 3.8) is 0 Å². The van der Waals surface area contributed by atoms with Crippen LogP contribution in [0.25, 0.3) is 11.0 Å². The molecule has 0 saturated carbocycles. The molecule has 1 aromatic heterocycles. The number of imidazole rings is 1. The van der Waals surface area contributed by atoms with Crippen molar-refractivity contribution < 1.29 is 0 Å². The number of hydrogen-bond acceptors (Lipinski definition) is 1. The van der Waals surface area contributed by atoms with E-state index in [1.54, 1.807) is 6.33 Å². The molecule has 1 heterocycles. The van der Waals surface area contributed by atoms with Crippen LogP contribution in [0.3, 0.4) is 0 Å². The first kappa shape index (κ1) is 11.6. The highest BCUT2D eigenvalue weighted by Gasteiger charge is 1.96. The Morgan fingerprint density at radius 3 is 2.42 bits per heavy atom. The van der Waals surface area contributed by atoms with Crippen molar-refractivity contribution >= 4 is 11.0 Å². The van der Waals surface area contributed by atoms with Gasteiger partial charge in [-0.1, -0.05) is 17.9 Å². The first-order chi connectivity index (χ1) is 9.22. The normalized spacial score (nSPS) is 10.2. The van der Waals surface area contributed by atoms with E-state index in [0.29, 0.717) is 0 Å². The first-order valence-corrected chi connectivity index (χ1v) is 6.25. The third-order valence-corrected chi connectivity index (χ3v) is 3.28. The molecule has 3 rings (SSSR count). The molecule has 92 valence electrons. The Balaban J connectivity index is 1.95. The second kappa shape index (κ2) is 4.62. The maximum absolute atomic E-state index is 4.20. The van der Waals surface area contributed by atoms with Gasteiger partial charge in [0.1, 0.15) is 0 Å². The largest absolute Gasteiger partial charge is 0.345 e. The van der Waals surface area contributed by atoms with E-state index in [0.717, 1.165) is 22.2 Å². The number of nitrogens with one attached hydrogen (secondary N) is 1. The van der Waals surface area contributed by atoms with Crippen molar-refractivity contribution in [2.45, 2.75) is 13.8 Å². The lowest BCUT2D eigenvalue weighted by atomic mass is 10.1. The minimum Gasteiger partial charge on any atom is -0.345 e. The SMILES string of the molecule is Cc1ccc(C#Cc2ccc3nc[nH]c3c2)cc1C.